The summed E-state index contributed by atoms with van der Waals surface area (Å²) >= 11 is 0. The number of carbonyl (C=O) groups is 2. The van der Waals surface area contributed by atoms with Gasteiger partial charge in [0.15, 0.2) is 0 Å². The first-order valence-corrected chi connectivity index (χ1v) is 7.64. The van der Waals surface area contributed by atoms with E-state index >= 15 is 0 Å². The zero-order valence-electron chi connectivity index (χ0n) is 12.9. The van der Waals surface area contributed by atoms with Crippen molar-refractivity contribution in [2.75, 3.05) is 13.1 Å². The molecule has 1 atom stereocenters. The van der Waals surface area contributed by atoms with Crippen LogP contribution < -0.4 is 11.1 Å². The van der Waals surface area contributed by atoms with Gasteiger partial charge in [-0.3, -0.25) is 9.59 Å². The number of nitrogens with two attached hydrogens (primary N) is 1. The lowest BCUT2D eigenvalue weighted by molar-refractivity contribution is -0.138. The molecule has 4 N–H and O–H groups in total. The summed E-state index contributed by atoms with van der Waals surface area (Å²) in [6.07, 6.45) is 5.44. The molecule has 0 aromatic heterocycles. The number of carboxylic acids is 1. The molecule has 5 nitrogen and oxygen atoms in total. The van der Waals surface area contributed by atoms with Gasteiger partial charge in [-0.15, -0.1) is 0 Å². The van der Waals surface area contributed by atoms with Gasteiger partial charge in [0.1, 0.15) is 0 Å². The smallest absolute Gasteiger partial charge is 0.303 e. The van der Waals surface area contributed by atoms with Gasteiger partial charge in [-0.2, -0.15) is 0 Å². The van der Waals surface area contributed by atoms with E-state index in [1.807, 2.05) is 0 Å². The molecule has 0 aliphatic carbocycles. The first-order valence-electron chi connectivity index (χ1n) is 7.64. The Morgan fingerprint density at radius 2 is 1.80 bits per heavy atom. The van der Waals surface area contributed by atoms with Crippen LogP contribution in [0, 0.1) is 11.8 Å². The fraction of sp³-hybridized carbons (Fsp3) is 0.867. The molecule has 5 heteroatoms. The molecule has 0 heterocycles. The van der Waals surface area contributed by atoms with E-state index in [0.29, 0.717) is 25.4 Å². The molecule has 0 aliphatic rings. The van der Waals surface area contributed by atoms with Gasteiger partial charge in [0, 0.05) is 19.4 Å². The highest BCUT2D eigenvalue weighted by Crippen LogP contribution is 2.14. The fourth-order valence-electron chi connectivity index (χ4n) is 2.28. The standard InChI is InChI=1S/C15H30N2O3/c1-12(2)9-13(10-15(19)20)11-17-14(18)7-5-3-4-6-8-16/h12-13H,3-11,16H2,1-2H3,(H,17,18)(H,19,20)/t13-/m0/s1. The van der Waals surface area contributed by atoms with Gasteiger partial charge in [0.2, 0.25) is 5.91 Å². The molecule has 0 fully saturated rings. The predicted octanol–water partition coefficient (Wildman–Crippen LogP) is 2.15. The van der Waals surface area contributed by atoms with E-state index in [-0.39, 0.29) is 18.2 Å². The van der Waals surface area contributed by atoms with Crippen LogP contribution in [0.25, 0.3) is 0 Å². The van der Waals surface area contributed by atoms with Crippen molar-refractivity contribution < 1.29 is 14.7 Å². The summed E-state index contributed by atoms with van der Waals surface area (Å²) < 4.78 is 0. The van der Waals surface area contributed by atoms with Crippen LogP contribution in [0.5, 0.6) is 0 Å². The van der Waals surface area contributed by atoms with Crippen LogP contribution in [0.2, 0.25) is 0 Å². The van der Waals surface area contributed by atoms with Crippen molar-refractivity contribution in [3.8, 4) is 0 Å². The molecule has 20 heavy (non-hydrogen) atoms. The van der Waals surface area contributed by atoms with Gasteiger partial charge in [-0.1, -0.05) is 26.7 Å². The molecular formula is C15H30N2O3. The second-order valence-electron chi connectivity index (χ2n) is 5.85. The first-order chi connectivity index (χ1) is 9.45. The zero-order chi connectivity index (χ0) is 15.4. The molecule has 0 saturated carbocycles. The highest BCUT2D eigenvalue weighted by Gasteiger charge is 2.15. The van der Waals surface area contributed by atoms with Gasteiger partial charge in [0.25, 0.3) is 0 Å². The number of hydrogen-bond acceptors (Lipinski definition) is 3. The Morgan fingerprint density at radius 3 is 2.35 bits per heavy atom. The molecule has 0 aromatic carbocycles. The largest absolute Gasteiger partial charge is 0.481 e. The average molecular weight is 286 g/mol. The quantitative estimate of drug-likeness (QED) is 0.479. The van der Waals surface area contributed by atoms with E-state index in [0.717, 1.165) is 32.1 Å². The third kappa shape index (κ3) is 12.0. The average Bonchev–Trinajstić information content (AvgIpc) is 2.34. The van der Waals surface area contributed by atoms with E-state index in [2.05, 4.69) is 19.2 Å². The molecule has 0 aromatic rings. The fourth-order valence-corrected chi connectivity index (χ4v) is 2.28. The van der Waals surface area contributed by atoms with Gasteiger partial charge < -0.3 is 16.2 Å². The van der Waals surface area contributed by atoms with Crippen molar-refractivity contribution in [2.45, 2.75) is 58.8 Å². The SMILES string of the molecule is CC(C)C[C@H](CNC(=O)CCCCCCN)CC(=O)O. The highest BCUT2D eigenvalue weighted by molar-refractivity contribution is 5.75. The van der Waals surface area contributed by atoms with Crippen LogP contribution in [-0.4, -0.2) is 30.1 Å². The van der Waals surface area contributed by atoms with Crippen molar-refractivity contribution >= 4 is 11.9 Å². The number of carbonyl (C=O) groups excluding carboxylic acids is 1. The summed E-state index contributed by atoms with van der Waals surface area (Å²) in [7, 11) is 0. The lowest BCUT2D eigenvalue weighted by Gasteiger charge is -2.17. The Hall–Kier alpha value is -1.10. The molecule has 0 spiro atoms. The van der Waals surface area contributed by atoms with E-state index in [1.165, 1.54) is 0 Å². The maximum Gasteiger partial charge on any atom is 0.303 e. The summed E-state index contributed by atoms with van der Waals surface area (Å²) in [6, 6.07) is 0. The summed E-state index contributed by atoms with van der Waals surface area (Å²) in [5.41, 5.74) is 5.40. The zero-order valence-corrected chi connectivity index (χ0v) is 12.9. The molecule has 0 aliphatic heterocycles. The monoisotopic (exact) mass is 286 g/mol. The van der Waals surface area contributed by atoms with Crippen molar-refractivity contribution in [1.29, 1.82) is 0 Å². The van der Waals surface area contributed by atoms with Crippen LogP contribution >= 0.6 is 0 Å². The second kappa shape index (κ2) is 11.7. The van der Waals surface area contributed by atoms with Gasteiger partial charge >= 0.3 is 5.97 Å². The summed E-state index contributed by atoms with van der Waals surface area (Å²) in [4.78, 5) is 22.5. The van der Waals surface area contributed by atoms with Gasteiger partial charge in [-0.25, -0.2) is 0 Å². The van der Waals surface area contributed by atoms with Crippen molar-refractivity contribution in [3.05, 3.63) is 0 Å². The molecule has 0 bridgehead atoms. The number of aliphatic carboxylic acids is 1. The molecule has 0 unspecified atom stereocenters. The maximum absolute atomic E-state index is 11.7. The van der Waals surface area contributed by atoms with E-state index < -0.39 is 5.97 Å². The topological polar surface area (TPSA) is 92.4 Å². The maximum atomic E-state index is 11.7. The van der Waals surface area contributed by atoms with E-state index in [4.69, 9.17) is 10.8 Å². The Balaban J connectivity index is 3.83. The van der Waals surface area contributed by atoms with E-state index in [1.54, 1.807) is 0 Å². The van der Waals surface area contributed by atoms with Crippen molar-refractivity contribution in [3.63, 3.8) is 0 Å². The molecule has 0 radical (unpaired) electrons. The summed E-state index contributed by atoms with van der Waals surface area (Å²) in [5, 5.41) is 11.7. The first kappa shape index (κ1) is 18.9. The Kier molecular flexibility index (Phi) is 11.1. The van der Waals surface area contributed by atoms with Gasteiger partial charge in [-0.05, 0) is 37.6 Å². The Labute approximate surface area is 122 Å². The van der Waals surface area contributed by atoms with Crippen molar-refractivity contribution in [2.24, 2.45) is 17.6 Å². The molecule has 0 rings (SSSR count). The second-order valence-corrected chi connectivity index (χ2v) is 5.85. The lowest BCUT2D eigenvalue weighted by atomic mass is 9.94. The molecular weight excluding hydrogens is 256 g/mol. The number of unbranched alkanes of at least 4 members (excludes halogenated alkanes) is 3. The summed E-state index contributed by atoms with van der Waals surface area (Å²) in [5.74, 6) is -0.315. The molecule has 0 saturated heterocycles. The normalized spacial score (nSPS) is 12.4. The minimum Gasteiger partial charge on any atom is -0.481 e. The van der Waals surface area contributed by atoms with Crippen LogP contribution in [0.15, 0.2) is 0 Å². The minimum atomic E-state index is -0.799. The molecule has 118 valence electrons. The number of carboxylic acid groups (broad SMARTS) is 1. The third-order valence-electron chi connectivity index (χ3n) is 3.21. The van der Waals surface area contributed by atoms with E-state index in [9.17, 15) is 9.59 Å². The van der Waals surface area contributed by atoms with Gasteiger partial charge in [0.05, 0.1) is 0 Å². The number of amides is 1. The number of nitrogens with one attached hydrogen (secondary N) is 1. The molecule has 1 amide bonds. The van der Waals surface area contributed by atoms with Crippen LogP contribution in [0.3, 0.4) is 0 Å². The van der Waals surface area contributed by atoms with Crippen LogP contribution in [0.1, 0.15) is 58.8 Å². The highest BCUT2D eigenvalue weighted by atomic mass is 16.4. The third-order valence-corrected chi connectivity index (χ3v) is 3.21. The summed E-state index contributed by atoms with van der Waals surface area (Å²) in [6.45, 7) is 5.30. The minimum absolute atomic E-state index is 0.0219. The van der Waals surface area contributed by atoms with Crippen LogP contribution in [-0.2, 0) is 9.59 Å². The Morgan fingerprint density at radius 1 is 1.15 bits per heavy atom. The number of rotatable bonds is 12. The Bertz CT molecular complexity index is 280. The lowest BCUT2D eigenvalue weighted by Crippen LogP contribution is -2.30. The number of hydrogen-bond donors (Lipinski definition) is 3. The van der Waals surface area contributed by atoms with Crippen molar-refractivity contribution in [1.82, 2.24) is 5.32 Å². The van der Waals surface area contributed by atoms with Crippen LogP contribution in [0.4, 0.5) is 0 Å². The predicted molar refractivity (Wildman–Crippen MR) is 80.3 cm³/mol.